The van der Waals surface area contributed by atoms with Gasteiger partial charge in [0.15, 0.2) is 9.84 Å². The Morgan fingerprint density at radius 2 is 2.17 bits per heavy atom. The fourth-order valence-electron chi connectivity index (χ4n) is 1.43. The second-order valence-electron chi connectivity index (χ2n) is 3.95. The number of ether oxygens (including phenoxy) is 1. The van der Waals surface area contributed by atoms with Crippen molar-refractivity contribution in [2.24, 2.45) is 5.92 Å². The third-order valence-electron chi connectivity index (χ3n) is 2.26. The van der Waals surface area contributed by atoms with Crippen molar-refractivity contribution < 1.29 is 17.9 Å². The van der Waals surface area contributed by atoms with Crippen LogP contribution < -0.4 is 0 Å². The molecule has 0 aliphatic heterocycles. The van der Waals surface area contributed by atoms with E-state index in [2.05, 4.69) is 25.7 Å². The molecule has 0 bridgehead atoms. The fraction of sp³-hybridized carbons (Fsp3) is 0.455. The van der Waals surface area contributed by atoms with Gasteiger partial charge in [0, 0.05) is 10.7 Å². The summed E-state index contributed by atoms with van der Waals surface area (Å²) in [5.41, 5.74) is 0.454. The van der Waals surface area contributed by atoms with Crippen LogP contribution in [-0.4, -0.2) is 32.2 Å². The Labute approximate surface area is 115 Å². The zero-order valence-electron chi connectivity index (χ0n) is 10.1. The highest BCUT2D eigenvalue weighted by atomic mass is 79.9. The molecule has 1 heterocycles. The smallest absolute Gasteiger partial charge is 0.309 e. The van der Waals surface area contributed by atoms with Crippen molar-refractivity contribution in [3.05, 3.63) is 28.5 Å². The van der Waals surface area contributed by atoms with Gasteiger partial charge in [0.2, 0.25) is 0 Å². The highest BCUT2D eigenvalue weighted by Gasteiger charge is 2.22. The minimum Gasteiger partial charge on any atom is -0.469 e. The molecule has 0 amide bonds. The molecule has 0 saturated heterocycles. The molecule has 0 aromatic carbocycles. The number of aromatic nitrogens is 1. The van der Waals surface area contributed by atoms with E-state index in [-0.39, 0.29) is 11.5 Å². The van der Waals surface area contributed by atoms with Crippen molar-refractivity contribution >= 4 is 31.7 Å². The topological polar surface area (TPSA) is 73.3 Å². The molecule has 5 nitrogen and oxygen atoms in total. The highest BCUT2D eigenvalue weighted by molar-refractivity contribution is 9.10. The lowest BCUT2D eigenvalue weighted by atomic mass is 10.2. The lowest BCUT2D eigenvalue weighted by Gasteiger charge is -2.09. The lowest BCUT2D eigenvalue weighted by Crippen LogP contribution is -2.23. The second-order valence-corrected chi connectivity index (χ2v) is 6.97. The summed E-state index contributed by atoms with van der Waals surface area (Å²) < 4.78 is 29.0. The number of pyridine rings is 1. The van der Waals surface area contributed by atoms with Gasteiger partial charge >= 0.3 is 5.97 Å². The predicted octanol–water partition coefficient (Wildman–Crippen LogP) is 1.57. The molecule has 0 fully saturated rings. The van der Waals surface area contributed by atoms with Crippen molar-refractivity contribution in [3.8, 4) is 0 Å². The number of sulfone groups is 1. The molecule has 0 saturated carbocycles. The van der Waals surface area contributed by atoms with Gasteiger partial charge in [-0.3, -0.25) is 9.78 Å². The summed E-state index contributed by atoms with van der Waals surface area (Å²) in [6, 6.07) is 3.35. The third-order valence-corrected chi connectivity index (χ3v) is 4.48. The van der Waals surface area contributed by atoms with Crippen molar-refractivity contribution in [1.82, 2.24) is 4.98 Å². The molecule has 1 rings (SSSR count). The molecule has 1 unspecified atom stereocenters. The summed E-state index contributed by atoms with van der Waals surface area (Å²) in [5, 5.41) is 0. The van der Waals surface area contributed by atoms with Crippen LogP contribution in [0, 0.1) is 5.92 Å². The van der Waals surface area contributed by atoms with Crippen LogP contribution in [0.4, 0.5) is 0 Å². The summed E-state index contributed by atoms with van der Waals surface area (Å²) >= 11 is 3.22. The largest absolute Gasteiger partial charge is 0.469 e. The molecule has 100 valence electrons. The summed E-state index contributed by atoms with van der Waals surface area (Å²) in [6.45, 7) is 1.53. The van der Waals surface area contributed by atoms with Crippen LogP contribution in [-0.2, 0) is 25.1 Å². The van der Waals surface area contributed by atoms with Gasteiger partial charge < -0.3 is 4.74 Å². The van der Waals surface area contributed by atoms with Crippen molar-refractivity contribution in [2.75, 3.05) is 12.9 Å². The number of carbonyl (C=O) groups is 1. The maximum Gasteiger partial charge on any atom is 0.309 e. The summed E-state index contributed by atoms with van der Waals surface area (Å²) in [4.78, 5) is 15.2. The van der Waals surface area contributed by atoms with E-state index < -0.39 is 21.7 Å². The van der Waals surface area contributed by atoms with Crippen LogP contribution >= 0.6 is 15.9 Å². The van der Waals surface area contributed by atoms with E-state index in [1.165, 1.54) is 20.2 Å². The molecule has 1 aromatic rings. The van der Waals surface area contributed by atoms with Gasteiger partial charge in [-0.2, -0.15) is 0 Å². The van der Waals surface area contributed by atoms with E-state index in [1.807, 2.05) is 0 Å². The van der Waals surface area contributed by atoms with Crippen LogP contribution in [0.3, 0.4) is 0 Å². The second kappa shape index (κ2) is 6.29. The highest BCUT2D eigenvalue weighted by Crippen LogP contribution is 2.12. The van der Waals surface area contributed by atoms with Gasteiger partial charge in [-0.15, -0.1) is 0 Å². The number of esters is 1. The molecule has 7 heteroatoms. The molecular weight excluding hydrogens is 322 g/mol. The normalized spacial score (nSPS) is 13.1. The van der Waals surface area contributed by atoms with E-state index >= 15 is 0 Å². The zero-order chi connectivity index (χ0) is 13.8. The van der Waals surface area contributed by atoms with Gasteiger partial charge in [0.05, 0.1) is 30.2 Å². The average molecular weight is 336 g/mol. The monoisotopic (exact) mass is 335 g/mol. The number of hydrogen-bond donors (Lipinski definition) is 0. The summed E-state index contributed by atoms with van der Waals surface area (Å²) in [6.07, 6.45) is 1.54. The van der Waals surface area contributed by atoms with Gasteiger partial charge in [-0.1, -0.05) is 6.92 Å². The van der Waals surface area contributed by atoms with Crippen molar-refractivity contribution in [3.63, 3.8) is 0 Å². The lowest BCUT2D eigenvalue weighted by molar-refractivity contribution is -0.144. The van der Waals surface area contributed by atoms with E-state index in [0.717, 1.165) is 4.47 Å². The maximum atomic E-state index is 11.9. The first-order valence-corrected chi connectivity index (χ1v) is 7.84. The number of methoxy groups -OCH3 is 1. The van der Waals surface area contributed by atoms with Crippen molar-refractivity contribution in [2.45, 2.75) is 12.7 Å². The SMILES string of the molecule is COC(=O)C(C)CS(=O)(=O)Cc1ccc(Br)cn1. The Kier molecular flexibility index (Phi) is 5.28. The Morgan fingerprint density at radius 1 is 1.50 bits per heavy atom. The Hall–Kier alpha value is -0.950. The van der Waals surface area contributed by atoms with E-state index in [1.54, 1.807) is 12.1 Å². The van der Waals surface area contributed by atoms with Crippen LogP contribution in [0.25, 0.3) is 0 Å². The fourth-order valence-corrected chi connectivity index (χ4v) is 3.30. The van der Waals surface area contributed by atoms with Crippen LogP contribution in [0.5, 0.6) is 0 Å². The van der Waals surface area contributed by atoms with Gasteiger partial charge in [0.25, 0.3) is 0 Å². The molecule has 0 spiro atoms. The average Bonchev–Trinajstić information content (AvgIpc) is 2.30. The minimum atomic E-state index is -3.38. The first-order chi connectivity index (χ1) is 8.34. The summed E-state index contributed by atoms with van der Waals surface area (Å²) in [5.74, 6) is -1.61. The van der Waals surface area contributed by atoms with Crippen LogP contribution in [0.15, 0.2) is 22.8 Å². The summed E-state index contributed by atoms with van der Waals surface area (Å²) in [7, 11) is -2.14. The third kappa shape index (κ3) is 4.73. The zero-order valence-corrected chi connectivity index (χ0v) is 12.5. The number of carbonyl (C=O) groups excluding carboxylic acids is 1. The molecule has 18 heavy (non-hydrogen) atoms. The Morgan fingerprint density at radius 3 is 2.67 bits per heavy atom. The van der Waals surface area contributed by atoms with Gasteiger partial charge in [-0.05, 0) is 28.1 Å². The number of hydrogen-bond acceptors (Lipinski definition) is 5. The standard InChI is InChI=1S/C11H14BrNO4S/c1-8(11(14)17-2)6-18(15,16)7-10-4-3-9(12)5-13-10/h3-5,8H,6-7H2,1-2H3. The first kappa shape index (κ1) is 15.1. The van der Waals surface area contributed by atoms with Gasteiger partial charge in [-0.25, -0.2) is 8.42 Å². The Bertz CT molecular complexity index is 512. The van der Waals surface area contributed by atoms with Crippen LogP contribution in [0.2, 0.25) is 0 Å². The molecule has 0 aliphatic carbocycles. The van der Waals surface area contributed by atoms with E-state index in [4.69, 9.17) is 0 Å². The first-order valence-electron chi connectivity index (χ1n) is 5.23. The molecule has 1 aromatic heterocycles. The predicted molar refractivity (Wildman–Crippen MR) is 70.6 cm³/mol. The molecule has 0 radical (unpaired) electrons. The number of nitrogens with zero attached hydrogens (tertiary/aromatic N) is 1. The van der Waals surface area contributed by atoms with Crippen LogP contribution in [0.1, 0.15) is 12.6 Å². The molecular formula is C11H14BrNO4S. The molecule has 0 aliphatic rings. The Balaban J connectivity index is 2.70. The maximum absolute atomic E-state index is 11.9. The van der Waals surface area contributed by atoms with E-state index in [9.17, 15) is 13.2 Å². The van der Waals surface area contributed by atoms with E-state index in [0.29, 0.717) is 5.69 Å². The quantitative estimate of drug-likeness (QED) is 0.763. The molecule has 1 atom stereocenters. The minimum absolute atomic E-state index is 0.179. The van der Waals surface area contributed by atoms with Gasteiger partial charge in [0.1, 0.15) is 0 Å². The molecule has 0 N–H and O–H groups in total. The number of halogens is 1. The van der Waals surface area contributed by atoms with Crippen molar-refractivity contribution in [1.29, 1.82) is 0 Å². The number of rotatable bonds is 5.